The Kier molecular flexibility index (Phi) is 6.40. The molecule has 2 aromatic carbocycles. The average molecular weight is 369 g/mol. The van der Waals surface area contributed by atoms with E-state index in [1.54, 1.807) is 0 Å². The summed E-state index contributed by atoms with van der Waals surface area (Å²) in [6.07, 6.45) is 0.430. The summed E-state index contributed by atoms with van der Waals surface area (Å²) in [5.74, 6) is 0.997. The van der Waals surface area contributed by atoms with E-state index in [2.05, 4.69) is 15.0 Å². The molecule has 0 aliphatic heterocycles. The quantitative estimate of drug-likeness (QED) is 0.440. The highest BCUT2D eigenvalue weighted by atomic mass is 16.5. The molecule has 0 amide bonds. The van der Waals surface area contributed by atoms with Gasteiger partial charge in [0.25, 0.3) is 0 Å². The Morgan fingerprint density at radius 3 is 2.74 bits per heavy atom. The van der Waals surface area contributed by atoms with Crippen molar-refractivity contribution >= 4 is 17.1 Å². The van der Waals surface area contributed by atoms with E-state index in [0.29, 0.717) is 32.0 Å². The van der Waals surface area contributed by atoms with Gasteiger partial charge in [0.2, 0.25) is 5.89 Å². The minimum atomic E-state index is -0.655. The van der Waals surface area contributed by atoms with Crippen LogP contribution in [0, 0.1) is 0 Å². The first-order valence-corrected chi connectivity index (χ1v) is 8.76. The number of nitrogens with one attached hydrogen (secondary N) is 1. The maximum Gasteiger partial charge on any atom is 0.322 e. The third-order valence-electron chi connectivity index (χ3n) is 4.04. The van der Waals surface area contributed by atoms with Gasteiger partial charge in [0, 0.05) is 6.54 Å². The molecule has 0 spiro atoms. The number of hydrogen-bond donors (Lipinski definition) is 2. The van der Waals surface area contributed by atoms with Gasteiger partial charge in [-0.05, 0) is 36.2 Å². The third kappa shape index (κ3) is 5.29. The molecule has 1 aromatic heterocycles. The van der Waals surface area contributed by atoms with E-state index in [1.165, 1.54) is 7.11 Å². The van der Waals surface area contributed by atoms with E-state index in [0.717, 1.165) is 22.4 Å². The van der Waals surface area contributed by atoms with E-state index in [4.69, 9.17) is 14.9 Å². The maximum atomic E-state index is 11.3. The number of nitrogens with zero attached hydrogens (tertiary/aromatic N) is 1. The Labute approximate surface area is 157 Å². The summed E-state index contributed by atoms with van der Waals surface area (Å²) >= 11 is 0. The van der Waals surface area contributed by atoms with E-state index >= 15 is 0 Å². The molecule has 0 fully saturated rings. The van der Waals surface area contributed by atoms with Crippen LogP contribution in [-0.4, -0.2) is 37.3 Å². The summed E-state index contributed by atoms with van der Waals surface area (Å²) in [5.41, 5.74) is 8.36. The number of rotatable bonds is 9. The van der Waals surface area contributed by atoms with Crippen molar-refractivity contribution in [3.8, 4) is 5.75 Å². The summed E-state index contributed by atoms with van der Waals surface area (Å²) in [4.78, 5) is 15.8. The van der Waals surface area contributed by atoms with Crippen LogP contribution in [-0.2, 0) is 22.5 Å². The molecule has 3 N–H and O–H groups in total. The van der Waals surface area contributed by atoms with Gasteiger partial charge >= 0.3 is 5.97 Å². The molecule has 0 aliphatic rings. The molecule has 1 unspecified atom stereocenters. The zero-order chi connectivity index (χ0) is 19.1. The summed E-state index contributed by atoms with van der Waals surface area (Å²) in [7, 11) is 1.33. The number of ether oxygens (including phenoxy) is 2. The van der Waals surface area contributed by atoms with Gasteiger partial charge in [-0.15, -0.1) is 0 Å². The summed E-state index contributed by atoms with van der Waals surface area (Å²) in [6.45, 7) is 1.72. The standard InChI is InChI=1S/C20H23N3O4/c1-25-20(24)16(21)12-14-6-8-15(9-7-14)26-11-10-22-13-19-23-17-4-2-3-5-18(17)27-19/h2-9,16,22H,10-13,21H2,1H3. The molecule has 27 heavy (non-hydrogen) atoms. The number of aromatic nitrogens is 1. The highest BCUT2D eigenvalue weighted by molar-refractivity contribution is 5.75. The Hall–Kier alpha value is -2.90. The van der Waals surface area contributed by atoms with Crippen LogP contribution in [0.2, 0.25) is 0 Å². The second kappa shape index (κ2) is 9.16. The Bertz CT molecular complexity index is 843. The van der Waals surface area contributed by atoms with Crippen LogP contribution in [0.15, 0.2) is 52.9 Å². The average Bonchev–Trinajstić information content (AvgIpc) is 3.11. The zero-order valence-electron chi connectivity index (χ0n) is 15.2. The molecule has 3 aromatic rings. The van der Waals surface area contributed by atoms with Crippen LogP contribution in [0.5, 0.6) is 5.75 Å². The highest BCUT2D eigenvalue weighted by Crippen LogP contribution is 2.15. The molecule has 0 saturated heterocycles. The van der Waals surface area contributed by atoms with Crippen molar-refractivity contribution in [1.82, 2.24) is 10.3 Å². The first-order chi connectivity index (χ1) is 13.2. The van der Waals surface area contributed by atoms with Crippen LogP contribution in [0.1, 0.15) is 11.5 Å². The van der Waals surface area contributed by atoms with Crippen molar-refractivity contribution in [3.63, 3.8) is 0 Å². The van der Waals surface area contributed by atoms with Crippen molar-refractivity contribution in [3.05, 3.63) is 60.0 Å². The number of benzene rings is 2. The summed E-state index contributed by atoms with van der Waals surface area (Å²) in [6, 6.07) is 14.5. The van der Waals surface area contributed by atoms with E-state index in [-0.39, 0.29) is 0 Å². The number of hydrogen-bond acceptors (Lipinski definition) is 7. The molecule has 0 aliphatic carbocycles. The number of fused-ring (bicyclic) bond motifs is 1. The van der Waals surface area contributed by atoms with Gasteiger partial charge in [-0.1, -0.05) is 24.3 Å². The third-order valence-corrected chi connectivity index (χ3v) is 4.04. The van der Waals surface area contributed by atoms with Gasteiger partial charge in [-0.3, -0.25) is 4.79 Å². The van der Waals surface area contributed by atoms with Gasteiger partial charge in [-0.25, -0.2) is 4.98 Å². The van der Waals surface area contributed by atoms with Gasteiger partial charge in [0.15, 0.2) is 5.58 Å². The smallest absolute Gasteiger partial charge is 0.322 e. The van der Waals surface area contributed by atoms with Crippen molar-refractivity contribution in [1.29, 1.82) is 0 Å². The molecule has 7 nitrogen and oxygen atoms in total. The van der Waals surface area contributed by atoms with Crippen LogP contribution < -0.4 is 15.8 Å². The van der Waals surface area contributed by atoms with Gasteiger partial charge in [-0.2, -0.15) is 0 Å². The number of methoxy groups -OCH3 is 1. The highest BCUT2D eigenvalue weighted by Gasteiger charge is 2.14. The van der Waals surface area contributed by atoms with Gasteiger partial charge in [0.1, 0.15) is 23.9 Å². The number of carbonyl (C=O) groups excluding carboxylic acids is 1. The maximum absolute atomic E-state index is 11.3. The lowest BCUT2D eigenvalue weighted by Gasteiger charge is -2.10. The molecule has 0 radical (unpaired) electrons. The lowest BCUT2D eigenvalue weighted by Crippen LogP contribution is -2.33. The Morgan fingerprint density at radius 2 is 2.00 bits per heavy atom. The van der Waals surface area contributed by atoms with Crippen LogP contribution in [0.3, 0.4) is 0 Å². The molecule has 142 valence electrons. The Morgan fingerprint density at radius 1 is 1.22 bits per heavy atom. The SMILES string of the molecule is COC(=O)C(N)Cc1ccc(OCCNCc2nc3ccccc3o2)cc1. The first kappa shape index (κ1) is 18.9. The van der Waals surface area contributed by atoms with Crippen LogP contribution in [0.4, 0.5) is 0 Å². The van der Waals surface area contributed by atoms with E-state index < -0.39 is 12.0 Å². The van der Waals surface area contributed by atoms with Gasteiger partial charge < -0.3 is 24.9 Å². The number of carbonyl (C=O) groups is 1. The lowest BCUT2D eigenvalue weighted by molar-refractivity contribution is -0.142. The number of esters is 1. The van der Waals surface area contributed by atoms with E-state index in [1.807, 2.05) is 48.5 Å². The normalized spacial score (nSPS) is 12.1. The monoisotopic (exact) mass is 369 g/mol. The predicted molar refractivity (Wildman–Crippen MR) is 101 cm³/mol. The summed E-state index contributed by atoms with van der Waals surface area (Å²) in [5, 5.41) is 3.24. The van der Waals surface area contributed by atoms with Crippen LogP contribution in [0.25, 0.3) is 11.1 Å². The molecular weight excluding hydrogens is 346 g/mol. The lowest BCUT2D eigenvalue weighted by atomic mass is 10.1. The molecule has 0 saturated carbocycles. The molecule has 7 heteroatoms. The fourth-order valence-electron chi connectivity index (χ4n) is 2.64. The fourth-order valence-corrected chi connectivity index (χ4v) is 2.64. The van der Waals surface area contributed by atoms with Crippen molar-refractivity contribution in [2.75, 3.05) is 20.3 Å². The second-order valence-electron chi connectivity index (χ2n) is 6.08. The number of para-hydroxylation sites is 2. The minimum Gasteiger partial charge on any atom is -0.492 e. The fraction of sp³-hybridized carbons (Fsp3) is 0.300. The molecular formula is C20H23N3O4. The van der Waals surface area contributed by atoms with Crippen molar-refractivity contribution in [2.24, 2.45) is 5.73 Å². The number of nitrogens with two attached hydrogens (primary N) is 1. The molecule has 0 bridgehead atoms. The predicted octanol–water partition coefficient (Wildman–Crippen LogP) is 2.04. The van der Waals surface area contributed by atoms with Crippen molar-refractivity contribution < 1.29 is 18.7 Å². The van der Waals surface area contributed by atoms with Crippen LogP contribution >= 0.6 is 0 Å². The van der Waals surface area contributed by atoms with E-state index in [9.17, 15) is 4.79 Å². The summed E-state index contributed by atoms with van der Waals surface area (Å²) < 4.78 is 16.0. The Balaban J connectivity index is 1.38. The minimum absolute atomic E-state index is 0.416. The van der Waals surface area contributed by atoms with Crippen molar-refractivity contribution in [2.45, 2.75) is 19.0 Å². The zero-order valence-corrected chi connectivity index (χ0v) is 15.2. The topological polar surface area (TPSA) is 99.6 Å². The molecule has 1 heterocycles. The first-order valence-electron chi connectivity index (χ1n) is 8.76. The largest absolute Gasteiger partial charge is 0.492 e. The second-order valence-corrected chi connectivity index (χ2v) is 6.08. The molecule has 3 rings (SSSR count). The van der Waals surface area contributed by atoms with Gasteiger partial charge in [0.05, 0.1) is 13.7 Å². The number of oxazole rings is 1. The molecule has 1 atom stereocenters.